The molecule has 0 aliphatic carbocycles. The van der Waals surface area contributed by atoms with Crippen LogP contribution in [0.2, 0.25) is 0 Å². The Morgan fingerprint density at radius 3 is 2.55 bits per heavy atom. The third kappa shape index (κ3) is 5.26. The van der Waals surface area contributed by atoms with Gasteiger partial charge in [-0.15, -0.1) is 0 Å². The van der Waals surface area contributed by atoms with Gasteiger partial charge in [0.2, 0.25) is 10.0 Å². The standard InChI is InChI=1S/C22H32N6O4S/c1-5-7-17(23)19-20(24-3)22(29)26-21(25-19)16-14-15(8-9-18(16)32-6-2)33(30,31)28-12-10-27(4)11-13-28/h8-9,14,23-24H,5-7,10-13H2,1-4H3,(H,25,26,29). The number of hydrogen-bond acceptors (Lipinski definition) is 8. The molecule has 11 heteroatoms. The highest BCUT2D eigenvalue weighted by Gasteiger charge is 2.29. The molecule has 0 amide bonds. The summed E-state index contributed by atoms with van der Waals surface area (Å²) in [5.41, 5.74) is 0.600. The molecule has 1 aromatic heterocycles. The molecule has 180 valence electrons. The number of aromatic amines is 1. The molecule has 0 unspecified atom stereocenters. The van der Waals surface area contributed by atoms with Crippen molar-refractivity contribution in [1.29, 1.82) is 5.41 Å². The van der Waals surface area contributed by atoms with E-state index in [1.165, 1.54) is 16.4 Å². The number of ether oxygens (including phenoxy) is 1. The second-order valence-corrected chi connectivity index (χ2v) is 9.85. The van der Waals surface area contributed by atoms with Crippen molar-refractivity contribution >= 4 is 21.4 Å². The summed E-state index contributed by atoms with van der Waals surface area (Å²) in [6.45, 7) is 6.26. The molecule has 3 rings (SSSR count). The number of nitrogens with zero attached hydrogens (tertiary/aromatic N) is 3. The van der Waals surface area contributed by atoms with E-state index in [1.807, 2.05) is 20.9 Å². The van der Waals surface area contributed by atoms with Crippen LogP contribution in [0.5, 0.6) is 5.75 Å². The molecule has 1 fully saturated rings. The van der Waals surface area contributed by atoms with Crippen LogP contribution >= 0.6 is 0 Å². The van der Waals surface area contributed by atoms with E-state index in [-0.39, 0.29) is 27.8 Å². The van der Waals surface area contributed by atoms with Gasteiger partial charge in [0.25, 0.3) is 5.56 Å². The van der Waals surface area contributed by atoms with Gasteiger partial charge < -0.3 is 25.3 Å². The highest BCUT2D eigenvalue weighted by Crippen LogP contribution is 2.32. The number of piperazine rings is 1. The van der Waals surface area contributed by atoms with Crippen LogP contribution in [0.15, 0.2) is 27.9 Å². The van der Waals surface area contributed by atoms with Gasteiger partial charge in [0.1, 0.15) is 23.0 Å². The van der Waals surface area contributed by atoms with Crippen LogP contribution in [0, 0.1) is 5.41 Å². The first-order valence-corrected chi connectivity index (χ1v) is 12.5. The Morgan fingerprint density at radius 2 is 1.94 bits per heavy atom. The van der Waals surface area contributed by atoms with Gasteiger partial charge in [0, 0.05) is 33.2 Å². The second-order valence-electron chi connectivity index (χ2n) is 7.92. The summed E-state index contributed by atoms with van der Waals surface area (Å²) in [7, 11) is -0.166. The molecular formula is C22H32N6O4S. The number of likely N-dealkylation sites (N-methyl/N-ethyl adjacent to an activating group) is 1. The lowest BCUT2D eigenvalue weighted by molar-refractivity contribution is 0.222. The van der Waals surface area contributed by atoms with E-state index in [0.29, 0.717) is 50.5 Å². The lowest BCUT2D eigenvalue weighted by Gasteiger charge is -2.31. The average Bonchev–Trinajstić information content (AvgIpc) is 2.79. The molecule has 1 aliphatic rings. The molecule has 2 heterocycles. The van der Waals surface area contributed by atoms with Crippen molar-refractivity contribution in [2.45, 2.75) is 31.6 Å². The molecule has 0 atom stereocenters. The number of H-pyrrole nitrogens is 1. The van der Waals surface area contributed by atoms with Crippen molar-refractivity contribution in [2.75, 3.05) is 52.2 Å². The fraction of sp³-hybridized carbons (Fsp3) is 0.500. The van der Waals surface area contributed by atoms with Gasteiger partial charge in [-0.1, -0.05) is 13.3 Å². The molecule has 33 heavy (non-hydrogen) atoms. The lowest BCUT2D eigenvalue weighted by atomic mass is 10.1. The van der Waals surface area contributed by atoms with Crippen molar-refractivity contribution in [3.8, 4) is 17.1 Å². The smallest absolute Gasteiger partial charge is 0.275 e. The maximum atomic E-state index is 13.3. The molecule has 1 saturated heterocycles. The molecule has 2 aromatic rings. The summed E-state index contributed by atoms with van der Waals surface area (Å²) in [5.74, 6) is 0.567. The minimum Gasteiger partial charge on any atom is -0.493 e. The van der Waals surface area contributed by atoms with Gasteiger partial charge >= 0.3 is 0 Å². The van der Waals surface area contributed by atoms with E-state index in [9.17, 15) is 13.2 Å². The summed E-state index contributed by atoms with van der Waals surface area (Å²) in [6.07, 6.45) is 1.19. The molecule has 0 saturated carbocycles. The van der Waals surface area contributed by atoms with Crippen LogP contribution in [0.1, 0.15) is 32.4 Å². The molecule has 1 aliphatic heterocycles. The molecule has 1 aromatic carbocycles. The molecule has 0 spiro atoms. The van der Waals surface area contributed by atoms with Crippen LogP contribution in [0.25, 0.3) is 11.4 Å². The summed E-state index contributed by atoms with van der Waals surface area (Å²) >= 11 is 0. The molecule has 10 nitrogen and oxygen atoms in total. The summed E-state index contributed by atoms with van der Waals surface area (Å²) in [6, 6.07) is 4.59. The minimum atomic E-state index is -3.73. The van der Waals surface area contributed by atoms with Crippen molar-refractivity contribution in [3.63, 3.8) is 0 Å². The Labute approximate surface area is 194 Å². The summed E-state index contributed by atoms with van der Waals surface area (Å²) < 4.78 is 33.8. The normalized spacial score (nSPS) is 15.4. The van der Waals surface area contributed by atoms with Crippen molar-refractivity contribution < 1.29 is 13.2 Å². The lowest BCUT2D eigenvalue weighted by Crippen LogP contribution is -2.47. The van der Waals surface area contributed by atoms with Crippen molar-refractivity contribution in [2.24, 2.45) is 0 Å². The first kappa shape index (κ1) is 24.9. The Hall–Kier alpha value is -2.76. The maximum Gasteiger partial charge on any atom is 0.275 e. The van der Waals surface area contributed by atoms with Crippen molar-refractivity contribution in [1.82, 2.24) is 19.2 Å². The van der Waals surface area contributed by atoms with E-state index < -0.39 is 15.6 Å². The van der Waals surface area contributed by atoms with E-state index >= 15 is 0 Å². The highest BCUT2D eigenvalue weighted by molar-refractivity contribution is 7.89. The van der Waals surface area contributed by atoms with Crippen LogP contribution in [0.3, 0.4) is 0 Å². The highest BCUT2D eigenvalue weighted by atomic mass is 32.2. The third-order valence-corrected chi connectivity index (χ3v) is 7.46. The first-order valence-electron chi connectivity index (χ1n) is 11.1. The monoisotopic (exact) mass is 476 g/mol. The van der Waals surface area contributed by atoms with Crippen LogP contribution in [0.4, 0.5) is 5.69 Å². The van der Waals surface area contributed by atoms with E-state index in [2.05, 4.69) is 20.2 Å². The Balaban J connectivity index is 2.14. The van der Waals surface area contributed by atoms with Gasteiger partial charge in [-0.05, 0) is 38.6 Å². The van der Waals surface area contributed by atoms with E-state index in [1.54, 1.807) is 13.1 Å². The van der Waals surface area contributed by atoms with Crippen LogP contribution in [-0.2, 0) is 10.0 Å². The SMILES string of the molecule is CCCC(=N)c1nc(-c2cc(S(=O)(=O)N3CCN(C)CC3)ccc2OCC)[nH]c(=O)c1NC. The Bertz CT molecular complexity index is 1170. The zero-order chi connectivity index (χ0) is 24.2. The van der Waals surface area contributed by atoms with E-state index in [0.717, 1.165) is 6.42 Å². The zero-order valence-corrected chi connectivity index (χ0v) is 20.4. The van der Waals surface area contributed by atoms with Gasteiger partial charge in [-0.2, -0.15) is 4.31 Å². The maximum absolute atomic E-state index is 13.3. The molecule has 3 N–H and O–H groups in total. The largest absolute Gasteiger partial charge is 0.493 e. The quantitative estimate of drug-likeness (QED) is 0.472. The first-order chi connectivity index (χ1) is 15.7. The fourth-order valence-electron chi connectivity index (χ4n) is 3.73. The van der Waals surface area contributed by atoms with Gasteiger partial charge in [0.15, 0.2) is 0 Å². The number of aromatic nitrogens is 2. The molecular weight excluding hydrogens is 444 g/mol. The average molecular weight is 477 g/mol. The van der Waals surface area contributed by atoms with Crippen molar-refractivity contribution in [3.05, 3.63) is 34.2 Å². The molecule has 0 bridgehead atoms. The summed E-state index contributed by atoms with van der Waals surface area (Å²) in [5, 5.41) is 11.2. The number of nitrogens with one attached hydrogen (secondary N) is 3. The topological polar surface area (TPSA) is 131 Å². The summed E-state index contributed by atoms with van der Waals surface area (Å²) in [4.78, 5) is 22.2. The predicted molar refractivity (Wildman–Crippen MR) is 129 cm³/mol. The fourth-order valence-corrected chi connectivity index (χ4v) is 5.18. The number of rotatable bonds is 9. The van der Waals surface area contributed by atoms with Gasteiger partial charge in [-0.25, -0.2) is 13.4 Å². The van der Waals surface area contributed by atoms with Gasteiger partial charge in [-0.3, -0.25) is 4.79 Å². The Kier molecular flexibility index (Phi) is 7.88. The number of anilines is 1. The predicted octanol–water partition coefficient (Wildman–Crippen LogP) is 1.98. The zero-order valence-electron chi connectivity index (χ0n) is 19.6. The second kappa shape index (κ2) is 10.4. The molecule has 0 radical (unpaired) electrons. The van der Waals surface area contributed by atoms with E-state index in [4.69, 9.17) is 10.1 Å². The Morgan fingerprint density at radius 1 is 1.24 bits per heavy atom. The number of hydrogen-bond donors (Lipinski definition) is 3. The van der Waals surface area contributed by atoms with Crippen LogP contribution < -0.4 is 15.6 Å². The van der Waals surface area contributed by atoms with Gasteiger partial charge in [0.05, 0.1) is 22.8 Å². The number of benzene rings is 1. The van der Waals surface area contributed by atoms with Crippen LogP contribution in [-0.4, -0.2) is 80.2 Å². The third-order valence-electron chi connectivity index (χ3n) is 5.56. The minimum absolute atomic E-state index is 0.107. The number of sulfonamides is 1.